The third kappa shape index (κ3) is 3.51. The Morgan fingerprint density at radius 3 is 2.37 bits per heavy atom. The van der Waals surface area contributed by atoms with Crippen LogP contribution in [0.15, 0.2) is 59.0 Å². The van der Waals surface area contributed by atoms with Crippen molar-refractivity contribution in [3.63, 3.8) is 0 Å². The van der Waals surface area contributed by atoms with E-state index >= 15 is 0 Å². The van der Waals surface area contributed by atoms with E-state index in [4.69, 9.17) is 4.42 Å². The summed E-state index contributed by atoms with van der Waals surface area (Å²) < 4.78 is 7.61. The van der Waals surface area contributed by atoms with Gasteiger partial charge >= 0.3 is 0 Å². The predicted molar refractivity (Wildman–Crippen MR) is 103 cm³/mol. The van der Waals surface area contributed by atoms with Crippen LogP contribution >= 0.6 is 0 Å². The maximum atomic E-state index is 5.82. The lowest BCUT2D eigenvalue weighted by molar-refractivity contribution is 0.516. The van der Waals surface area contributed by atoms with Gasteiger partial charge in [0.25, 0.3) is 5.89 Å². The first-order valence-corrected chi connectivity index (χ1v) is 9.01. The number of rotatable bonds is 5. The lowest BCUT2D eigenvalue weighted by Gasteiger charge is -2.07. The fourth-order valence-electron chi connectivity index (χ4n) is 2.96. The largest absolute Gasteiger partial charge is 0.419 e. The van der Waals surface area contributed by atoms with E-state index in [9.17, 15) is 0 Å². The summed E-state index contributed by atoms with van der Waals surface area (Å²) in [5, 5.41) is 16.8. The van der Waals surface area contributed by atoms with Crippen LogP contribution in [0.1, 0.15) is 42.5 Å². The highest BCUT2D eigenvalue weighted by molar-refractivity contribution is 5.51. The molecule has 4 rings (SSSR count). The molecule has 27 heavy (non-hydrogen) atoms. The van der Waals surface area contributed by atoms with Gasteiger partial charge in [0, 0.05) is 0 Å². The van der Waals surface area contributed by atoms with Crippen molar-refractivity contribution in [1.82, 2.24) is 25.2 Å². The second-order valence-corrected chi connectivity index (χ2v) is 6.84. The molecular weight excluding hydrogens is 338 g/mol. The van der Waals surface area contributed by atoms with Crippen LogP contribution < -0.4 is 0 Å². The number of aromatic nitrogens is 5. The third-order valence-corrected chi connectivity index (χ3v) is 4.57. The molecule has 0 atom stereocenters. The van der Waals surface area contributed by atoms with Gasteiger partial charge in [-0.05, 0) is 36.1 Å². The zero-order valence-corrected chi connectivity index (χ0v) is 15.6. The van der Waals surface area contributed by atoms with Crippen molar-refractivity contribution < 1.29 is 4.42 Å². The van der Waals surface area contributed by atoms with Crippen LogP contribution in [0.3, 0.4) is 0 Å². The molecule has 0 N–H and O–H groups in total. The first-order valence-electron chi connectivity index (χ1n) is 9.01. The second kappa shape index (κ2) is 7.15. The van der Waals surface area contributed by atoms with Crippen LogP contribution in [-0.2, 0) is 6.42 Å². The predicted octanol–water partition coefficient (Wildman–Crippen LogP) is 4.34. The zero-order chi connectivity index (χ0) is 18.8. The molecule has 0 aliphatic heterocycles. The van der Waals surface area contributed by atoms with Crippen molar-refractivity contribution in [2.45, 2.75) is 33.1 Å². The fourth-order valence-corrected chi connectivity index (χ4v) is 2.96. The van der Waals surface area contributed by atoms with Gasteiger partial charge in [-0.1, -0.05) is 61.5 Å². The van der Waals surface area contributed by atoms with Crippen LogP contribution in [0.25, 0.3) is 17.3 Å². The van der Waals surface area contributed by atoms with Crippen LogP contribution in [0.5, 0.6) is 0 Å². The molecular formula is C21H21N5O. The summed E-state index contributed by atoms with van der Waals surface area (Å²) in [5.41, 5.74) is 4.84. The molecule has 0 aliphatic rings. The van der Waals surface area contributed by atoms with E-state index in [1.165, 1.54) is 5.56 Å². The molecule has 2 heterocycles. The molecule has 0 bridgehead atoms. The monoisotopic (exact) mass is 359 g/mol. The Morgan fingerprint density at radius 2 is 1.67 bits per heavy atom. The minimum absolute atomic E-state index is 0.392. The van der Waals surface area contributed by atoms with Crippen molar-refractivity contribution in [1.29, 1.82) is 0 Å². The highest BCUT2D eigenvalue weighted by Gasteiger charge is 2.18. The molecule has 0 radical (unpaired) electrons. The van der Waals surface area contributed by atoms with E-state index in [1.807, 2.05) is 37.3 Å². The highest BCUT2D eigenvalue weighted by atomic mass is 16.4. The Kier molecular flexibility index (Phi) is 4.54. The average molecular weight is 359 g/mol. The summed E-state index contributed by atoms with van der Waals surface area (Å²) in [6.07, 6.45) is 0.595. The Labute approximate surface area is 157 Å². The fraction of sp³-hybridized carbons (Fsp3) is 0.238. The number of hydrogen-bond acceptors (Lipinski definition) is 5. The Bertz CT molecular complexity index is 1030. The van der Waals surface area contributed by atoms with Gasteiger partial charge in [0.15, 0.2) is 5.69 Å². The summed E-state index contributed by atoms with van der Waals surface area (Å²) in [5.74, 6) is 1.45. The molecule has 0 amide bonds. The van der Waals surface area contributed by atoms with Crippen molar-refractivity contribution >= 4 is 0 Å². The quantitative estimate of drug-likeness (QED) is 0.530. The molecule has 0 unspecified atom stereocenters. The van der Waals surface area contributed by atoms with Crippen LogP contribution in [0.2, 0.25) is 0 Å². The van der Waals surface area contributed by atoms with Gasteiger partial charge in [-0.25, -0.2) is 4.68 Å². The van der Waals surface area contributed by atoms with Crippen molar-refractivity contribution in [3.05, 3.63) is 77.3 Å². The third-order valence-electron chi connectivity index (χ3n) is 4.57. The summed E-state index contributed by atoms with van der Waals surface area (Å²) >= 11 is 0. The van der Waals surface area contributed by atoms with E-state index < -0.39 is 0 Å². The Morgan fingerprint density at radius 1 is 0.926 bits per heavy atom. The molecule has 6 heteroatoms. The first-order chi connectivity index (χ1) is 13.1. The van der Waals surface area contributed by atoms with E-state index in [0.717, 1.165) is 16.9 Å². The Balaban J connectivity index is 1.59. The maximum absolute atomic E-state index is 5.82. The van der Waals surface area contributed by atoms with Gasteiger partial charge < -0.3 is 4.42 Å². The molecule has 0 spiro atoms. The maximum Gasteiger partial charge on any atom is 0.270 e. The molecule has 6 nitrogen and oxygen atoms in total. The molecule has 0 saturated carbocycles. The standard InChI is InChI=1S/C21H21N5O/c1-14(2)17-9-11-18(12-10-17)26-15(3)20(23-25-26)21-24-22-19(27-21)13-16-7-5-4-6-8-16/h4-12,14H,13H2,1-3H3. The van der Waals surface area contributed by atoms with E-state index in [2.05, 4.69) is 58.6 Å². The lowest BCUT2D eigenvalue weighted by atomic mass is 10.0. The van der Waals surface area contributed by atoms with E-state index in [-0.39, 0.29) is 0 Å². The van der Waals surface area contributed by atoms with Crippen molar-refractivity contribution in [2.75, 3.05) is 0 Å². The topological polar surface area (TPSA) is 69.6 Å². The van der Waals surface area contributed by atoms with Crippen molar-refractivity contribution in [2.24, 2.45) is 0 Å². The van der Waals surface area contributed by atoms with Crippen LogP contribution in [-0.4, -0.2) is 25.2 Å². The molecule has 0 aliphatic carbocycles. The molecule has 136 valence electrons. The van der Waals surface area contributed by atoms with E-state index in [0.29, 0.717) is 29.8 Å². The number of benzene rings is 2. The molecule has 2 aromatic carbocycles. The summed E-state index contributed by atoms with van der Waals surface area (Å²) in [4.78, 5) is 0. The van der Waals surface area contributed by atoms with Gasteiger partial charge in [0.05, 0.1) is 17.8 Å². The second-order valence-electron chi connectivity index (χ2n) is 6.84. The molecule has 2 aromatic heterocycles. The SMILES string of the molecule is Cc1c(-c2nnc(Cc3ccccc3)o2)nnn1-c1ccc(C(C)C)cc1. The Hall–Kier alpha value is -3.28. The normalized spacial score (nSPS) is 11.3. The van der Waals surface area contributed by atoms with Gasteiger partial charge in [-0.2, -0.15) is 0 Å². The smallest absolute Gasteiger partial charge is 0.270 e. The average Bonchev–Trinajstić information content (AvgIpc) is 3.29. The molecule has 0 saturated heterocycles. The molecule has 4 aromatic rings. The van der Waals surface area contributed by atoms with Crippen LogP contribution in [0, 0.1) is 6.92 Å². The summed E-state index contributed by atoms with van der Waals surface area (Å²) in [6.45, 7) is 6.31. The van der Waals surface area contributed by atoms with Gasteiger partial charge in [-0.3, -0.25) is 0 Å². The number of hydrogen-bond donors (Lipinski definition) is 0. The van der Waals surface area contributed by atoms with Gasteiger partial charge in [-0.15, -0.1) is 15.3 Å². The minimum Gasteiger partial charge on any atom is -0.419 e. The van der Waals surface area contributed by atoms with Gasteiger partial charge in [0.1, 0.15) is 0 Å². The van der Waals surface area contributed by atoms with E-state index in [1.54, 1.807) is 4.68 Å². The van der Waals surface area contributed by atoms with Crippen LogP contribution in [0.4, 0.5) is 0 Å². The van der Waals surface area contributed by atoms with Crippen molar-refractivity contribution in [3.8, 4) is 17.3 Å². The summed E-state index contributed by atoms with van der Waals surface area (Å²) in [7, 11) is 0. The zero-order valence-electron chi connectivity index (χ0n) is 15.6. The highest BCUT2D eigenvalue weighted by Crippen LogP contribution is 2.23. The first kappa shape index (κ1) is 17.1. The number of nitrogens with zero attached hydrogens (tertiary/aromatic N) is 5. The lowest BCUT2D eigenvalue weighted by Crippen LogP contribution is -1.99. The minimum atomic E-state index is 0.392. The van der Waals surface area contributed by atoms with Gasteiger partial charge in [0.2, 0.25) is 5.89 Å². The molecule has 0 fully saturated rings. The summed E-state index contributed by atoms with van der Waals surface area (Å²) in [6, 6.07) is 18.4.